The lowest BCUT2D eigenvalue weighted by Crippen LogP contribution is -2.53. The van der Waals surface area contributed by atoms with Crippen LogP contribution in [0.2, 0.25) is 0 Å². The van der Waals surface area contributed by atoms with E-state index >= 15 is 0 Å². The summed E-state index contributed by atoms with van der Waals surface area (Å²) >= 11 is 0. The molecule has 0 radical (unpaired) electrons. The molecular formula is C35H47NO4. The van der Waals surface area contributed by atoms with Crippen molar-refractivity contribution >= 4 is 11.9 Å². The minimum absolute atomic E-state index is 0.0503. The highest BCUT2D eigenvalue weighted by molar-refractivity contribution is 5.83. The lowest BCUT2D eigenvalue weighted by atomic mass is 9.74. The van der Waals surface area contributed by atoms with Gasteiger partial charge in [-0.1, -0.05) is 112 Å². The number of esters is 1. The van der Waals surface area contributed by atoms with E-state index in [1.54, 1.807) is 0 Å². The Hall–Kier alpha value is -2.66. The molecule has 2 bridgehead atoms. The van der Waals surface area contributed by atoms with Crippen LogP contribution < -0.4 is 0 Å². The summed E-state index contributed by atoms with van der Waals surface area (Å²) in [7, 11) is 0. The van der Waals surface area contributed by atoms with Gasteiger partial charge in [0.15, 0.2) is 0 Å². The first kappa shape index (κ1) is 28.9. The minimum atomic E-state index is -0.652. The Morgan fingerprint density at radius 1 is 0.675 bits per heavy atom. The van der Waals surface area contributed by atoms with Gasteiger partial charge in [-0.25, -0.2) is 0 Å². The van der Waals surface area contributed by atoms with Crippen LogP contribution in [0.15, 0.2) is 60.7 Å². The SMILES string of the molecule is O=C(O)C1(c2ccccc2)CCCCCC1.O=C(O[C@H]1CN2CCC1CC2)C1(c2ccccc2)CCCCCC1. The predicted octanol–water partition coefficient (Wildman–Crippen LogP) is 7.28. The molecule has 5 nitrogen and oxygen atoms in total. The Morgan fingerprint density at radius 3 is 1.55 bits per heavy atom. The Bertz CT molecular complexity index is 1080. The second-order valence-electron chi connectivity index (χ2n) is 12.6. The molecule has 216 valence electrons. The number of carboxylic acids is 1. The fraction of sp³-hybridized carbons (Fsp3) is 0.600. The summed E-state index contributed by atoms with van der Waals surface area (Å²) in [6.07, 6.45) is 15.1. The standard InChI is InChI=1S/C21H29NO2.C14H18O2/c23-20(24-19-16-22-14-10-17(19)11-15-22)21(12-6-1-2-7-13-21)18-8-4-3-5-9-18;15-13(16)14(10-6-1-2-7-11-14)12-8-4-3-5-9-12/h3-5,8-9,17,19H,1-2,6-7,10-16H2;3-5,8-9H,1-2,6-7,10-11H2,(H,15,16)/t19-;/m0./s1. The summed E-state index contributed by atoms with van der Waals surface area (Å²) in [6, 6.07) is 20.1. The Balaban J connectivity index is 0.000000176. The van der Waals surface area contributed by atoms with Gasteiger partial charge in [0.1, 0.15) is 6.10 Å². The first-order valence-corrected chi connectivity index (χ1v) is 15.8. The maximum atomic E-state index is 13.4. The smallest absolute Gasteiger partial charge is 0.316 e. The second-order valence-corrected chi connectivity index (χ2v) is 12.6. The van der Waals surface area contributed by atoms with E-state index in [1.165, 1.54) is 51.6 Å². The fourth-order valence-electron chi connectivity index (χ4n) is 7.71. The number of hydrogen-bond donors (Lipinski definition) is 1. The van der Waals surface area contributed by atoms with Crippen LogP contribution in [0.25, 0.3) is 0 Å². The van der Waals surface area contributed by atoms with Crippen molar-refractivity contribution in [1.29, 1.82) is 0 Å². The molecule has 40 heavy (non-hydrogen) atoms. The van der Waals surface area contributed by atoms with Crippen molar-refractivity contribution < 1.29 is 19.4 Å². The molecule has 0 aromatic heterocycles. The molecule has 3 aliphatic heterocycles. The van der Waals surface area contributed by atoms with Gasteiger partial charge in [0, 0.05) is 6.54 Å². The van der Waals surface area contributed by atoms with E-state index in [2.05, 4.69) is 29.2 Å². The van der Waals surface area contributed by atoms with Crippen LogP contribution in [0, 0.1) is 5.92 Å². The maximum Gasteiger partial charge on any atom is 0.316 e. The number of rotatable bonds is 5. The van der Waals surface area contributed by atoms with Crippen molar-refractivity contribution in [3.63, 3.8) is 0 Å². The fourth-order valence-corrected chi connectivity index (χ4v) is 7.71. The van der Waals surface area contributed by atoms with Crippen LogP contribution in [-0.4, -0.2) is 47.7 Å². The summed E-state index contributed by atoms with van der Waals surface area (Å²) in [5.41, 5.74) is 1.10. The van der Waals surface area contributed by atoms with Crippen molar-refractivity contribution in [2.75, 3.05) is 19.6 Å². The van der Waals surface area contributed by atoms with E-state index in [4.69, 9.17) is 4.74 Å². The highest BCUT2D eigenvalue weighted by Crippen LogP contribution is 2.41. The highest BCUT2D eigenvalue weighted by Gasteiger charge is 2.45. The molecule has 3 saturated heterocycles. The second kappa shape index (κ2) is 13.3. The van der Waals surface area contributed by atoms with E-state index in [-0.39, 0.29) is 12.1 Å². The minimum Gasteiger partial charge on any atom is -0.481 e. The summed E-state index contributed by atoms with van der Waals surface area (Å²) in [6.45, 7) is 3.31. The number of nitrogens with zero attached hydrogens (tertiary/aromatic N) is 1. The molecule has 1 N–H and O–H groups in total. The molecule has 2 saturated carbocycles. The topological polar surface area (TPSA) is 66.8 Å². The molecule has 7 rings (SSSR count). The monoisotopic (exact) mass is 545 g/mol. The van der Waals surface area contributed by atoms with Crippen LogP contribution in [0.4, 0.5) is 0 Å². The zero-order valence-corrected chi connectivity index (χ0v) is 24.1. The molecular weight excluding hydrogens is 498 g/mol. The number of hydrogen-bond acceptors (Lipinski definition) is 4. The van der Waals surface area contributed by atoms with Gasteiger partial charge in [-0.05, 0) is 68.7 Å². The predicted molar refractivity (Wildman–Crippen MR) is 158 cm³/mol. The number of benzene rings is 2. The Kier molecular flexibility index (Phi) is 9.62. The molecule has 0 unspecified atom stereocenters. The van der Waals surface area contributed by atoms with Crippen molar-refractivity contribution in [3.05, 3.63) is 71.8 Å². The third-order valence-corrected chi connectivity index (χ3v) is 10.2. The van der Waals surface area contributed by atoms with E-state index in [1.807, 2.05) is 36.4 Å². The molecule has 2 aromatic carbocycles. The number of aliphatic carboxylic acids is 1. The van der Waals surface area contributed by atoms with E-state index < -0.39 is 16.8 Å². The quantitative estimate of drug-likeness (QED) is 0.316. The van der Waals surface area contributed by atoms with Crippen molar-refractivity contribution in [2.24, 2.45) is 5.92 Å². The van der Waals surface area contributed by atoms with Gasteiger partial charge in [0.25, 0.3) is 0 Å². The molecule has 1 atom stereocenters. The lowest BCUT2D eigenvalue weighted by Gasteiger charge is -2.45. The average Bonchev–Trinajstić information content (AvgIpc) is 3.42. The molecule has 3 heterocycles. The van der Waals surface area contributed by atoms with Crippen LogP contribution in [-0.2, 0) is 25.2 Å². The van der Waals surface area contributed by atoms with Gasteiger partial charge in [0.2, 0.25) is 0 Å². The number of piperidine rings is 3. The third kappa shape index (κ3) is 6.30. The Labute approximate surface area is 240 Å². The van der Waals surface area contributed by atoms with Gasteiger partial charge in [-0.3, -0.25) is 14.5 Å². The molecule has 2 aliphatic carbocycles. The van der Waals surface area contributed by atoms with Gasteiger partial charge < -0.3 is 9.84 Å². The number of carbonyl (C=O) groups excluding carboxylic acids is 1. The van der Waals surface area contributed by atoms with Crippen molar-refractivity contribution in [3.8, 4) is 0 Å². The summed E-state index contributed by atoms with van der Waals surface area (Å²) in [5.74, 6) is -0.0208. The van der Waals surface area contributed by atoms with Crippen LogP contribution >= 0.6 is 0 Å². The maximum absolute atomic E-state index is 13.4. The van der Waals surface area contributed by atoms with Gasteiger partial charge >= 0.3 is 11.9 Å². The lowest BCUT2D eigenvalue weighted by molar-refractivity contribution is -0.166. The van der Waals surface area contributed by atoms with E-state index in [0.29, 0.717) is 5.92 Å². The van der Waals surface area contributed by atoms with E-state index in [0.717, 1.165) is 69.0 Å². The molecule has 5 aliphatic rings. The molecule has 0 spiro atoms. The first-order valence-electron chi connectivity index (χ1n) is 15.8. The Morgan fingerprint density at radius 2 is 1.12 bits per heavy atom. The highest BCUT2D eigenvalue weighted by atomic mass is 16.5. The summed E-state index contributed by atoms with van der Waals surface area (Å²) in [4.78, 5) is 27.5. The average molecular weight is 546 g/mol. The molecule has 5 fully saturated rings. The summed E-state index contributed by atoms with van der Waals surface area (Å²) < 4.78 is 6.20. The zero-order valence-electron chi connectivity index (χ0n) is 24.1. The van der Waals surface area contributed by atoms with Gasteiger partial charge in [0.05, 0.1) is 10.8 Å². The normalized spacial score (nSPS) is 27.2. The molecule has 5 heteroatoms. The van der Waals surface area contributed by atoms with Crippen molar-refractivity contribution in [1.82, 2.24) is 4.90 Å². The van der Waals surface area contributed by atoms with E-state index in [9.17, 15) is 14.7 Å². The third-order valence-electron chi connectivity index (χ3n) is 10.2. The number of ether oxygens (including phenoxy) is 1. The first-order chi connectivity index (χ1) is 19.5. The number of fused-ring (bicyclic) bond motifs is 3. The summed E-state index contributed by atoms with van der Waals surface area (Å²) in [5, 5.41) is 9.57. The zero-order chi connectivity index (χ0) is 27.8. The largest absolute Gasteiger partial charge is 0.481 e. The van der Waals surface area contributed by atoms with Crippen LogP contribution in [0.3, 0.4) is 0 Å². The van der Waals surface area contributed by atoms with Crippen molar-refractivity contribution in [2.45, 2.75) is 107 Å². The van der Waals surface area contributed by atoms with Crippen LogP contribution in [0.1, 0.15) is 101 Å². The van der Waals surface area contributed by atoms with Crippen LogP contribution in [0.5, 0.6) is 0 Å². The number of carboxylic acid groups (broad SMARTS) is 1. The molecule has 0 amide bonds. The number of carbonyl (C=O) groups is 2. The van der Waals surface area contributed by atoms with Gasteiger partial charge in [-0.15, -0.1) is 0 Å². The molecule has 2 aromatic rings. The van der Waals surface area contributed by atoms with Gasteiger partial charge in [-0.2, -0.15) is 0 Å².